The molecule has 0 saturated carbocycles. The summed E-state index contributed by atoms with van der Waals surface area (Å²) in [6.07, 6.45) is 0.980. The summed E-state index contributed by atoms with van der Waals surface area (Å²) in [5.41, 5.74) is 2.04. The average Bonchev–Trinajstić information content (AvgIpc) is 2.55. The smallest absolute Gasteiger partial charge is 0.234 e. The minimum absolute atomic E-state index is 0.00483. The predicted octanol–water partition coefficient (Wildman–Crippen LogP) is 4.00. The number of carbonyl (C=O) groups is 1. The Morgan fingerprint density at radius 2 is 1.82 bits per heavy atom. The first kappa shape index (κ1) is 16.4. The second-order valence-corrected chi connectivity index (χ2v) is 5.87. The highest BCUT2D eigenvalue weighted by molar-refractivity contribution is 7.99. The van der Waals surface area contributed by atoms with Gasteiger partial charge in [-0.15, -0.1) is 0 Å². The minimum Gasteiger partial charge on any atom is -0.492 e. The van der Waals surface area contributed by atoms with Crippen LogP contribution in [0.25, 0.3) is 0 Å². The second kappa shape index (κ2) is 9.15. The topological polar surface area (TPSA) is 38.3 Å². The normalized spacial score (nSPS) is 10.2. The van der Waals surface area contributed by atoms with Crippen molar-refractivity contribution in [3.8, 4) is 5.75 Å². The molecule has 4 heteroatoms. The SMILES string of the molecule is CCOc1ccccc1NC(=O)CSCCc1ccccc1. The van der Waals surface area contributed by atoms with Crippen molar-refractivity contribution in [2.45, 2.75) is 13.3 Å². The molecule has 3 nitrogen and oxygen atoms in total. The van der Waals surface area contributed by atoms with Crippen molar-refractivity contribution in [1.29, 1.82) is 0 Å². The van der Waals surface area contributed by atoms with E-state index in [9.17, 15) is 4.79 Å². The molecule has 0 fully saturated rings. The first-order chi connectivity index (χ1) is 10.8. The van der Waals surface area contributed by atoms with Gasteiger partial charge in [-0.05, 0) is 36.8 Å². The summed E-state index contributed by atoms with van der Waals surface area (Å²) in [6, 6.07) is 17.8. The van der Waals surface area contributed by atoms with Gasteiger partial charge in [-0.1, -0.05) is 42.5 Å². The number of carbonyl (C=O) groups excluding carboxylic acids is 1. The number of rotatable bonds is 8. The zero-order chi connectivity index (χ0) is 15.6. The number of amides is 1. The highest BCUT2D eigenvalue weighted by Gasteiger charge is 2.07. The van der Waals surface area contributed by atoms with Gasteiger partial charge in [0.15, 0.2) is 0 Å². The zero-order valence-corrected chi connectivity index (χ0v) is 13.6. The molecule has 2 aromatic rings. The number of anilines is 1. The van der Waals surface area contributed by atoms with Crippen molar-refractivity contribution in [2.75, 3.05) is 23.4 Å². The van der Waals surface area contributed by atoms with E-state index in [2.05, 4.69) is 17.4 Å². The van der Waals surface area contributed by atoms with Gasteiger partial charge in [0, 0.05) is 0 Å². The molecule has 0 atom stereocenters. The Morgan fingerprint density at radius 1 is 1.09 bits per heavy atom. The fourth-order valence-electron chi connectivity index (χ4n) is 2.04. The number of hydrogen-bond acceptors (Lipinski definition) is 3. The largest absolute Gasteiger partial charge is 0.492 e. The van der Waals surface area contributed by atoms with Crippen LogP contribution in [0.5, 0.6) is 5.75 Å². The van der Waals surface area contributed by atoms with E-state index in [1.807, 2.05) is 49.4 Å². The lowest BCUT2D eigenvalue weighted by atomic mass is 10.2. The molecule has 0 aliphatic rings. The van der Waals surface area contributed by atoms with Crippen LogP contribution in [0.3, 0.4) is 0 Å². The minimum atomic E-state index is 0.00483. The number of benzene rings is 2. The molecular formula is C18H21NO2S. The Kier molecular flexibility index (Phi) is 6.84. The van der Waals surface area contributed by atoms with Gasteiger partial charge in [0.05, 0.1) is 18.0 Å². The van der Waals surface area contributed by atoms with E-state index in [4.69, 9.17) is 4.74 Å². The quantitative estimate of drug-likeness (QED) is 0.748. The predicted molar refractivity (Wildman–Crippen MR) is 93.7 cm³/mol. The fraction of sp³-hybridized carbons (Fsp3) is 0.278. The van der Waals surface area contributed by atoms with Gasteiger partial charge >= 0.3 is 0 Å². The maximum absolute atomic E-state index is 12.0. The molecule has 116 valence electrons. The van der Waals surface area contributed by atoms with E-state index < -0.39 is 0 Å². The van der Waals surface area contributed by atoms with E-state index in [0.29, 0.717) is 18.1 Å². The number of aryl methyl sites for hydroxylation is 1. The molecular weight excluding hydrogens is 294 g/mol. The molecule has 1 N–H and O–H groups in total. The maximum atomic E-state index is 12.0. The summed E-state index contributed by atoms with van der Waals surface area (Å²) >= 11 is 1.64. The van der Waals surface area contributed by atoms with Crippen molar-refractivity contribution in [2.24, 2.45) is 0 Å². The van der Waals surface area contributed by atoms with Crippen LogP contribution in [-0.2, 0) is 11.2 Å². The monoisotopic (exact) mass is 315 g/mol. The zero-order valence-electron chi connectivity index (χ0n) is 12.7. The fourth-order valence-corrected chi connectivity index (χ4v) is 2.82. The number of nitrogens with one attached hydrogen (secondary N) is 1. The molecule has 0 bridgehead atoms. The van der Waals surface area contributed by atoms with Gasteiger partial charge in [-0.25, -0.2) is 0 Å². The molecule has 0 saturated heterocycles. The van der Waals surface area contributed by atoms with Crippen LogP contribution in [0, 0.1) is 0 Å². The van der Waals surface area contributed by atoms with Crippen molar-refractivity contribution in [3.05, 3.63) is 60.2 Å². The Balaban J connectivity index is 1.74. The number of hydrogen-bond donors (Lipinski definition) is 1. The number of thioether (sulfide) groups is 1. The summed E-state index contributed by atoms with van der Waals surface area (Å²) in [6.45, 7) is 2.51. The van der Waals surface area contributed by atoms with E-state index in [0.717, 1.165) is 17.9 Å². The van der Waals surface area contributed by atoms with Crippen LogP contribution >= 0.6 is 11.8 Å². The lowest BCUT2D eigenvalue weighted by molar-refractivity contribution is -0.113. The van der Waals surface area contributed by atoms with Crippen molar-refractivity contribution in [1.82, 2.24) is 0 Å². The highest BCUT2D eigenvalue weighted by Crippen LogP contribution is 2.23. The molecule has 0 aliphatic heterocycles. The Hall–Kier alpha value is -1.94. The number of para-hydroxylation sites is 2. The van der Waals surface area contributed by atoms with Crippen LogP contribution in [-0.4, -0.2) is 24.0 Å². The third-order valence-electron chi connectivity index (χ3n) is 3.07. The van der Waals surface area contributed by atoms with E-state index in [-0.39, 0.29) is 5.91 Å². The molecule has 0 radical (unpaired) electrons. The second-order valence-electron chi connectivity index (χ2n) is 4.77. The van der Waals surface area contributed by atoms with Gasteiger partial charge in [0.25, 0.3) is 0 Å². The van der Waals surface area contributed by atoms with Crippen LogP contribution in [0.15, 0.2) is 54.6 Å². The molecule has 0 aliphatic carbocycles. The first-order valence-electron chi connectivity index (χ1n) is 7.43. The van der Waals surface area contributed by atoms with Gasteiger partial charge in [0.1, 0.15) is 5.75 Å². The molecule has 0 spiro atoms. The van der Waals surface area contributed by atoms with Crippen molar-refractivity contribution < 1.29 is 9.53 Å². The van der Waals surface area contributed by atoms with Crippen LogP contribution < -0.4 is 10.1 Å². The third kappa shape index (κ3) is 5.45. The van der Waals surface area contributed by atoms with Crippen LogP contribution in [0.4, 0.5) is 5.69 Å². The summed E-state index contributed by atoms with van der Waals surface area (Å²) in [5.74, 6) is 2.11. The standard InChI is InChI=1S/C18H21NO2S/c1-2-21-17-11-7-6-10-16(17)19-18(20)14-22-13-12-15-8-4-3-5-9-15/h3-11H,2,12-14H2,1H3,(H,19,20). The van der Waals surface area contributed by atoms with Crippen LogP contribution in [0.2, 0.25) is 0 Å². The molecule has 22 heavy (non-hydrogen) atoms. The molecule has 0 aromatic heterocycles. The summed E-state index contributed by atoms with van der Waals surface area (Å²) in [5, 5.41) is 2.91. The molecule has 0 heterocycles. The Labute approximate surface area is 136 Å². The van der Waals surface area contributed by atoms with E-state index in [1.54, 1.807) is 11.8 Å². The average molecular weight is 315 g/mol. The Morgan fingerprint density at radius 3 is 2.59 bits per heavy atom. The van der Waals surface area contributed by atoms with Crippen molar-refractivity contribution >= 4 is 23.4 Å². The van der Waals surface area contributed by atoms with E-state index in [1.165, 1.54) is 5.56 Å². The lowest BCUT2D eigenvalue weighted by Crippen LogP contribution is -2.15. The third-order valence-corrected chi connectivity index (χ3v) is 4.03. The van der Waals surface area contributed by atoms with Crippen LogP contribution in [0.1, 0.15) is 12.5 Å². The van der Waals surface area contributed by atoms with Gasteiger partial charge in [-0.2, -0.15) is 11.8 Å². The molecule has 0 unspecified atom stereocenters. The molecule has 2 aromatic carbocycles. The van der Waals surface area contributed by atoms with E-state index >= 15 is 0 Å². The van der Waals surface area contributed by atoms with Crippen molar-refractivity contribution in [3.63, 3.8) is 0 Å². The van der Waals surface area contributed by atoms with Gasteiger partial charge in [-0.3, -0.25) is 4.79 Å². The summed E-state index contributed by atoms with van der Waals surface area (Å²) in [7, 11) is 0. The number of ether oxygens (including phenoxy) is 1. The summed E-state index contributed by atoms with van der Waals surface area (Å²) < 4.78 is 5.50. The Bertz CT molecular complexity index is 587. The maximum Gasteiger partial charge on any atom is 0.234 e. The first-order valence-corrected chi connectivity index (χ1v) is 8.58. The lowest BCUT2D eigenvalue weighted by Gasteiger charge is -2.11. The molecule has 2 rings (SSSR count). The van der Waals surface area contributed by atoms with Gasteiger partial charge in [0.2, 0.25) is 5.91 Å². The van der Waals surface area contributed by atoms with Gasteiger partial charge < -0.3 is 10.1 Å². The highest BCUT2D eigenvalue weighted by atomic mass is 32.2. The summed E-state index contributed by atoms with van der Waals surface area (Å²) in [4.78, 5) is 12.0. The molecule has 1 amide bonds.